The molecule has 0 radical (unpaired) electrons. The summed E-state index contributed by atoms with van der Waals surface area (Å²) in [6.45, 7) is 8.81. The Morgan fingerprint density at radius 2 is 1.83 bits per heavy atom. The highest BCUT2D eigenvalue weighted by molar-refractivity contribution is 5.85. The van der Waals surface area contributed by atoms with Gasteiger partial charge in [-0.1, -0.05) is 27.7 Å². The Bertz CT molecular complexity index is 231. The van der Waals surface area contributed by atoms with Crippen molar-refractivity contribution in [3.63, 3.8) is 0 Å². The van der Waals surface area contributed by atoms with Crippen LogP contribution in [0.15, 0.2) is 0 Å². The number of carbonyl (C=O) groups excluding carboxylic acids is 1. The van der Waals surface area contributed by atoms with E-state index >= 15 is 0 Å². The first-order valence-electron chi connectivity index (χ1n) is 6.56. The lowest BCUT2D eigenvalue weighted by Crippen LogP contribution is -2.47. The summed E-state index contributed by atoms with van der Waals surface area (Å²) in [5.41, 5.74) is 5.79. The Kier molecular flexibility index (Phi) is 10.7. The Morgan fingerprint density at radius 3 is 2.17 bits per heavy atom. The average Bonchev–Trinajstić information content (AvgIpc) is 2.33. The predicted molar refractivity (Wildman–Crippen MR) is 77.8 cm³/mol. The van der Waals surface area contributed by atoms with Gasteiger partial charge in [0, 0.05) is 13.2 Å². The Hall–Kier alpha value is -0.320. The van der Waals surface area contributed by atoms with Gasteiger partial charge in [0.15, 0.2) is 0 Å². The number of nitrogens with two attached hydrogens (primary N) is 1. The quantitative estimate of drug-likeness (QED) is 0.633. The van der Waals surface area contributed by atoms with Crippen molar-refractivity contribution < 1.29 is 9.90 Å². The molecule has 4 nitrogen and oxygen atoms in total. The molecule has 110 valence electrons. The number of aliphatic hydroxyl groups is 1. The Balaban J connectivity index is 0. The Morgan fingerprint density at radius 1 is 1.33 bits per heavy atom. The maximum Gasteiger partial charge on any atom is 0.237 e. The molecule has 0 aliphatic heterocycles. The fraction of sp³-hybridized carbons (Fsp3) is 0.923. The second-order valence-electron chi connectivity index (χ2n) is 5.17. The van der Waals surface area contributed by atoms with Gasteiger partial charge >= 0.3 is 0 Å². The number of hydrogen-bond donors (Lipinski definition) is 3. The molecule has 0 unspecified atom stereocenters. The molecule has 0 saturated heterocycles. The monoisotopic (exact) mass is 280 g/mol. The highest BCUT2D eigenvalue weighted by atomic mass is 35.5. The lowest BCUT2D eigenvalue weighted by atomic mass is 9.79. The van der Waals surface area contributed by atoms with Crippen molar-refractivity contribution in [3.05, 3.63) is 0 Å². The smallest absolute Gasteiger partial charge is 0.237 e. The fourth-order valence-corrected chi connectivity index (χ4v) is 1.87. The summed E-state index contributed by atoms with van der Waals surface area (Å²) in [5, 5.41) is 12.0. The summed E-state index contributed by atoms with van der Waals surface area (Å²) in [4.78, 5) is 11.8. The van der Waals surface area contributed by atoms with E-state index in [1.165, 1.54) is 0 Å². The van der Waals surface area contributed by atoms with Gasteiger partial charge in [-0.25, -0.2) is 0 Å². The van der Waals surface area contributed by atoms with Crippen LogP contribution in [0.2, 0.25) is 0 Å². The molecule has 1 atom stereocenters. The van der Waals surface area contributed by atoms with E-state index in [1.54, 1.807) is 0 Å². The van der Waals surface area contributed by atoms with E-state index in [2.05, 4.69) is 19.2 Å². The third-order valence-corrected chi connectivity index (χ3v) is 3.80. The number of carbonyl (C=O) groups is 1. The maximum absolute atomic E-state index is 11.8. The Labute approximate surface area is 117 Å². The van der Waals surface area contributed by atoms with Crippen LogP contribution in [0.1, 0.15) is 47.0 Å². The minimum atomic E-state index is -0.449. The van der Waals surface area contributed by atoms with Crippen molar-refractivity contribution in [2.24, 2.45) is 17.1 Å². The summed E-state index contributed by atoms with van der Waals surface area (Å²) in [5.74, 6) is 0.0507. The normalized spacial score (nSPS) is 13.1. The average molecular weight is 281 g/mol. The largest absolute Gasteiger partial charge is 0.396 e. The molecule has 0 rings (SSSR count). The number of hydrogen-bond acceptors (Lipinski definition) is 3. The molecule has 1 amide bonds. The van der Waals surface area contributed by atoms with Crippen LogP contribution in [0.4, 0.5) is 0 Å². The fourth-order valence-electron chi connectivity index (χ4n) is 1.87. The SMILES string of the molecule is CCC(CC)(CCO)CNC(=O)[C@@H](N)C(C)C.Cl. The van der Waals surface area contributed by atoms with Crippen LogP contribution in [-0.4, -0.2) is 30.2 Å². The van der Waals surface area contributed by atoms with Gasteiger partial charge in [0.25, 0.3) is 0 Å². The topological polar surface area (TPSA) is 75.3 Å². The van der Waals surface area contributed by atoms with Crippen molar-refractivity contribution >= 4 is 18.3 Å². The number of rotatable bonds is 8. The maximum atomic E-state index is 11.8. The third-order valence-electron chi connectivity index (χ3n) is 3.80. The van der Waals surface area contributed by atoms with E-state index in [1.807, 2.05) is 13.8 Å². The molecule has 0 aliphatic rings. The molecule has 5 heteroatoms. The second kappa shape index (κ2) is 9.59. The minimum absolute atomic E-state index is 0. The van der Waals surface area contributed by atoms with E-state index in [-0.39, 0.29) is 36.3 Å². The number of halogens is 1. The number of aliphatic hydroxyl groups excluding tert-OH is 1. The molecule has 0 aromatic carbocycles. The van der Waals surface area contributed by atoms with Crippen LogP contribution in [0.5, 0.6) is 0 Å². The summed E-state index contributed by atoms with van der Waals surface area (Å²) in [6.07, 6.45) is 2.61. The van der Waals surface area contributed by atoms with Crippen molar-refractivity contribution in [2.45, 2.75) is 53.0 Å². The van der Waals surface area contributed by atoms with Crippen molar-refractivity contribution in [2.75, 3.05) is 13.2 Å². The van der Waals surface area contributed by atoms with Crippen molar-refractivity contribution in [3.8, 4) is 0 Å². The first-order valence-corrected chi connectivity index (χ1v) is 6.56. The minimum Gasteiger partial charge on any atom is -0.396 e. The van der Waals surface area contributed by atoms with Crippen LogP contribution in [0.3, 0.4) is 0 Å². The van der Waals surface area contributed by atoms with Crippen molar-refractivity contribution in [1.82, 2.24) is 5.32 Å². The van der Waals surface area contributed by atoms with Crippen LogP contribution >= 0.6 is 12.4 Å². The molecular weight excluding hydrogens is 252 g/mol. The van der Waals surface area contributed by atoms with Gasteiger partial charge in [-0.15, -0.1) is 12.4 Å². The molecule has 0 bridgehead atoms. The zero-order chi connectivity index (χ0) is 13.5. The summed E-state index contributed by atoms with van der Waals surface area (Å²) in [6, 6.07) is -0.449. The molecule has 0 aromatic rings. The molecule has 0 saturated carbocycles. The molecular formula is C13H29ClN2O2. The molecule has 0 spiro atoms. The highest BCUT2D eigenvalue weighted by Crippen LogP contribution is 2.29. The van der Waals surface area contributed by atoms with Crippen molar-refractivity contribution in [1.29, 1.82) is 0 Å². The first-order chi connectivity index (χ1) is 7.92. The van der Waals surface area contributed by atoms with Gasteiger partial charge in [-0.2, -0.15) is 0 Å². The standard InChI is InChI=1S/C13H28N2O2.ClH/c1-5-13(6-2,7-8-16)9-15-12(17)11(14)10(3)4;/h10-11,16H,5-9,14H2,1-4H3,(H,15,17);1H/t11-;/m0./s1. The van der Waals surface area contributed by atoms with Gasteiger partial charge in [0.05, 0.1) is 6.04 Å². The van der Waals surface area contributed by atoms with Crippen LogP contribution < -0.4 is 11.1 Å². The molecule has 0 fully saturated rings. The van der Waals surface area contributed by atoms with Gasteiger partial charge in [0.2, 0.25) is 5.91 Å². The van der Waals surface area contributed by atoms with Crippen LogP contribution in [0, 0.1) is 11.3 Å². The van der Waals surface area contributed by atoms with Gasteiger partial charge in [0.1, 0.15) is 0 Å². The number of amides is 1. The first kappa shape index (κ1) is 20.0. The third kappa shape index (κ3) is 6.03. The predicted octanol–water partition coefficient (Wildman–Crippen LogP) is 1.70. The molecule has 0 aliphatic carbocycles. The summed E-state index contributed by atoms with van der Waals surface area (Å²) < 4.78 is 0. The lowest BCUT2D eigenvalue weighted by Gasteiger charge is -2.32. The second-order valence-corrected chi connectivity index (χ2v) is 5.17. The summed E-state index contributed by atoms with van der Waals surface area (Å²) in [7, 11) is 0. The highest BCUT2D eigenvalue weighted by Gasteiger charge is 2.27. The van der Waals surface area contributed by atoms with E-state index < -0.39 is 6.04 Å². The van der Waals surface area contributed by atoms with Crippen LogP contribution in [0.25, 0.3) is 0 Å². The van der Waals surface area contributed by atoms with Crippen LogP contribution in [-0.2, 0) is 4.79 Å². The lowest BCUT2D eigenvalue weighted by molar-refractivity contribution is -0.123. The number of nitrogens with one attached hydrogen (secondary N) is 1. The molecule has 0 aromatic heterocycles. The van der Waals surface area contributed by atoms with E-state index in [0.717, 1.165) is 19.3 Å². The van der Waals surface area contributed by atoms with E-state index in [9.17, 15) is 4.79 Å². The molecule has 4 N–H and O–H groups in total. The zero-order valence-corrected chi connectivity index (χ0v) is 12.8. The summed E-state index contributed by atoms with van der Waals surface area (Å²) >= 11 is 0. The van der Waals surface area contributed by atoms with Gasteiger partial charge in [-0.3, -0.25) is 4.79 Å². The molecule has 18 heavy (non-hydrogen) atoms. The van der Waals surface area contributed by atoms with Gasteiger partial charge < -0.3 is 16.2 Å². The zero-order valence-electron chi connectivity index (χ0n) is 12.0. The van der Waals surface area contributed by atoms with E-state index in [0.29, 0.717) is 6.54 Å². The van der Waals surface area contributed by atoms with Gasteiger partial charge in [-0.05, 0) is 30.6 Å². The molecule has 0 heterocycles. The van der Waals surface area contributed by atoms with E-state index in [4.69, 9.17) is 10.8 Å².